The Morgan fingerprint density at radius 1 is 0.935 bits per heavy atom. The lowest BCUT2D eigenvalue weighted by Gasteiger charge is -2.22. The zero-order chi connectivity index (χ0) is 22.1. The molecule has 4 rings (SSSR count). The van der Waals surface area contributed by atoms with Gasteiger partial charge in [0.2, 0.25) is 0 Å². The molecule has 162 valence electrons. The quantitative estimate of drug-likeness (QED) is 0.614. The van der Waals surface area contributed by atoms with Crippen molar-refractivity contribution in [1.82, 2.24) is 9.88 Å². The second-order valence-corrected chi connectivity index (χ2v) is 7.58. The lowest BCUT2D eigenvalue weighted by molar-refractivity contribution is -0.301. The molecule has 0 spiro atoms. The molecule has 1 aromatic heterocycles. The Hall–Kier alpha value is -3.38. The molecular weight excluding hydrogens is 392 g/mol. The van der Waals surface area contributed by atoms with Crippen LogP contribution < -0.4 is 15.5 Å². The highest BCUT2D eigenvalue weighted by Crippen LogP contribution is 2.27. The number of nitrogens with one attached hydrogen (secondary N) is 1. The number of carboxylic acids is 2. The Kier molecular flexibility index (Phi) is 8.01. The minimum absolute atomic E-state index is 0.384. The molecule has 1 saturated heterocycles. The number of hydrogen-bond acceptors (Lipinski definition) is 5. The molecule has 0 radical (unpaired) electrons. The van der Waals surface area contributed by atoms with E-state index in [-0.39, 0.29) is 0 Å². The van der Waals surface area contributed by atoms with E-state index >= 15 is 0 Å². The summed E-state index contributed by atoms with van der Waals surface area (Å²) in [6, 6.07) is 19.5. The van der Waals surface area contributed by atoms with Gasteiger partial charge in [-0.1, -0.05) is 36.4 Å². The van der Waals surface area contributed by atoms with E-state index in [1.165, 1.54) is 60.9 Å². The van der Waals surface area contributed by atoms with Crippen molar-refractivity contribution in [3.63, 3.8) is 0 Å². The number of aliphatic carboxylic acids is 2. The number of fused-ring (bicyclic) bond motifs is 1. The molecule has 3 aromatic rings. The molecule has 1 fully saturated rings. The van der Waals surface area contributed by atoms with Crippen LogP contribution in [0.15, 0.2) is 72.9 Å². The molecule has 1 aliphatic heterocycles. The second-order valence-electron chi connectivity index (χ2n) is 7.58. The lowest BCUT2D eigenvalue weighted by Crippen LogP contribution is -2.27. The molecule has 0 amide bonds. The molecule has 1 aliphatic rings. The second kappa shape index (κ2) is 11.1. The van der Waals surface area contributed by atoms with E-state index in [1.807, 2.05) is 0 Å². The maximum absolute atomic E-state index is 9.41. The van der Waals surface area contributed by atoms with Gasteiger partial charge in [0.15, 0.2) is 0 Å². The van der Waals surface area contributed by atoms with Crippen LogP contribution in [0.25, 0.3) is 16.6 Å². The monoisotopic (exact) mass is 418 g/mol. The first-order valence-corrected chi connectivity index (χ1v) is 10.5. The van der Waals surface area contributed by atoms with Crippen LogP contribution in [0.3, 0.4) is 0 Å². The molecule has 1 N–H and O–H groups in total. The lowest BCUT2D eigenvalue weighted by atomic mass is 9.91. The van der Waals surface area contributed by atoms with Crippen molar-refractivity contribution in [2.75, 3.05) is 13.1 Å². The standard InChI is InChI=1S/C21H24N2.C4H4O4/c1-2-6-19(7-3-1)23-16-18(20-8-4-5-9-21(20)23)11-10-17-12-14-22-15-13-17;5-3(6)1-2-4(7)8/h1-9,16-17,22H,10-15H2;1-2H,(H,5,6)(H,7,8)/p-2/b;2-1+. The minimum atomic E-state index is -1.55. The summed E-state index contributed by atoms with van der Waals surface area (Å²) >= 11 is 0. The van der Waals surface area contributed by atoms with Gasteiger partial charge in [0.05, 0.1) is 17.5 Å². The van der Waals surface area contributed by atoms with Crippen molar-refractivity contribution in [2.24, 2.45) is 5.92 Å². The Labute approximate surface area is 181 Å². The first-order valence-electron chi connectivity index (χ1n) is 10.5. The molecule has 2 heterocycles. The van der Waals surface area contributed by atoms with Gasteiger partial charge in [0, 0.05) is 17.3 Å². The Morgan fingerprint density at radius 2 is 1.55 bits per heavy atom. The summed E-state index contributed by atoms with van der Waals surface area (Å²) in [4.78, 5) is 18.8. The summed E-state index contributed by atoms with van der Waals surface area (Å²) < 4.78 is 2.34. The third-order valence-corrected chi connectivity index (χ3v) is 5.46. The summed E-state index contributed by atoms with van der Waals surface area (Å²) in [6.07, 6.45) is 8.27. The van der Waals surface area contributed by atoms with E-state index in [1.54, 1.807) is 0 Å². The van der Waals surface area contributed by atoms with Crippen LogP contribution in [-0.2, 0) is 16.0 Å². The van der Waals surface area contributed by atoms with Crippen molar-refractivity contribution in [3.8, 4) is 5.69 Å². The zero-order valence-electron chi connectivity index (χ0n) is 17.3. The molecule has 0 saturated carbocycles. The van der Waals surface area contributed by atoms with E-state index in [0.29, 0.717) is 12.2 Å². The Morgan fingerprint density at radius 3 is 2.19 bits per heavy atom. The van der Waals surface area contributed by atoms with Crippen LogP contribution in [0.2, 0.25) is 0 Å². The number of rotatable bonds is 6. The van der Waals surface area contributed by atoms with Gasteiger partial charge in [-0.25, -0.2) is 0 Å². The SMILES string of the molecule is O=C([O-])/C=C/C(=O)[O-].c1ccc(-n2cc(CCC3CCNCC3)c3ccccc32)cc1. The fourth-order valence-electron chi connectivity index (χ4n) is 3.92. The predicted molar refractivity (Wildman–Crippen MR) is 116 cm³/mol. The topological polar surface area (TPSA) is 97.2 Å². The summed E-state index contributed by atoms with van der Waals surface area (Å²) in [7, 11) is 0. The minimum Gasteiger partial charge on any atom is -0.545 e. The maximum Gasteiger partial charge on any atom is 0.0643 e. The van der Waals surface area contributed by atoms with Crippen molar-refractivity contribution >= 4 is 22.8 Å². The van der Waals surface area contributed by atoms with E-state index in [4.69, 9.17) is 0 Å². The first kappa shape index (κ1) is 22.3. The zero-order valence-corrected chi connectivity index (χ0v) is 17.3. The Balaban J connectivity index is 0.000000293. The van der Waals surface area contributed by atoms with Gasteiger partial charge in [-0.05, 0) is 80.6 Å². The molecule has 31 heavy (non-hydrogen) atoms. The van der Waals surface area contributed by atoms with Gasteiger partial charge in [-0.15, -0.1) is 0 Å². The highest BCUT2D eigenvalue weighted by atomic mass is 16.4. The van der Waals surface area contributed by atoms with Gasteiger partial charge >= 0.3 is 0 Å². The third kappa shape index (κ3) is 6.55. The number of hydrogen-bond donors (Lipinski definition) is 1. The summed E-state index contributed by atoms with van der Waals surface area (Å²) in [5.74, 6) is -2.21. The largest absolute Gasteiger partial charge is 0.545 e. The highest BCUT2D eigenvalue weighted by Gasteiger charge is 2.15. The predicted octanol–water partition coefficient (Wildman–Crippen LogP) is 1.61. The van der Waals surface area contributed by atoms with Crippen LogP contribution >= 0.6 is 0 Å². The number of para-hydroxylation sites is 2. The molecule has 2 aromatic carbocycles. The molecule has 6 nitrogen and oxygen atoms in total. The van der Waals surface area contributed by atoms with E-state index in [2.05, 4.69) is 70.7 Å². The van der Waals surface area contributed by atoms with E-state index in [9.17, 15) is 19.8 Å². The fraction of sp³-hybridized carbons (Fsp3) is 0.280. The number of aromatic nitrogens is 1. The van der Waals surface area contributed by atoms with Crippen LogP contribution in [0.4, 0.5) is 0 Å². The van der Waals surface area contributed by atoms with Crippen molar-refractivity contribution < 1.29 is 19.8 Å². The van der Waals surface area contributed by atoms with E-state index in [0.717, 1.165) is 5.92 Å². The fourth-order valence-corrected chi connectivity index (χ4v) is 3.92. The maximum atomic E-state index is 9.41. The number of benzene rings is 2. The molecular formula is C25H26N2O4-2. The van der Waals surface area contributed by atoms with Crippen molar-refractivity contribution in [2.45, 2.75) is 25.7 Å². The van der Waals surface area contributed by atoms with Gasteiger partial charge < -0.3 is 29.7 Å². The smallest absolute Gasteiger partial charge is 0.0643 e. The normalized spacial score (nSPS) is 14.3. The van der Waals surface area contributed by atoms with Crippen LogP contribution in [0.1, 0.15) is 24.8 Å². The van der Waals surface area contributed by atoms with Crippen molar-refractivity contribution in [3.05, 3.63) is 78.5 Å². The number of aryl methyl sites for hydroxylation is 1. The third-order valence-electron chi connectivity index (χ3n) is 5.46. The number of piperidine rings is 1. The van der Waals surface area contributed by atoms with Gasteiger partial charge in [0.25, 0.3) is 0 Å². The molecule has 0 atom stereocenters. The molecule has 6 heteroatoms. The summed E-state index contributed by atoms with van der Waals surface area (Å²) in [5, 5.41) is 23.7. The highest BCUT2D eigenvalue weighted by molar-refractivity contribution is 5.87. The number of carbonyl (C=O) groups excluding carboxylic acids is 2. The van der Waals surface area contributed by atoms with Crippen LogP contribution in [-0.4, -0.2) is 29.6 Å². The van der Waals surface area contributed by atoms with Gasteiger partial charge in [-0.2, -0.15) is 0 Å². The Bertz CT molecular complexity index is 1020. The van der Waals surface area contributed by atoms with Crippen LogP contribution in [0.5, 0.6) is 0 Å². The molecule has 0 bridgehead atoms. The first-order chi connectivity index (χ1) is 15.0. The average molecular weight is 418 g/mol. The van der Waals surface area contributed by atoms with Gasteiger partial charge in [0.1, 0.15) is 0 Å². The van der Waals surface area contributed by atoms with Crippen LogP contribution in [0, 0.1) is 5.92 Å². The van der Waals surface area contributed by atoms with Gasteiger partial charge in [-0.3, -0.25) is 0 Å². The molecule has 0 aliphatic carbocycles. The van der Waals surface area contributed by atoms with E-state index < -0.39 is 11.9 Å². The average Bonchev–Trinajstić information content (AvgIpc) is 3.17. The van der Waals surface area contributed by atoms with Crippen molar-refractivity contribution in [1.29, 1.82) is 0 Å². The molecule has 0 unspecified atom stereocenters. The number of nitrogens with zero attached hydrogens (tertiary/aromatic N) is 1. The summed E-state index contributed by atoms with van der Waals surface area (Å²) in [5.41, 5.74) is 4.05. The number of carboxylic acid groups (broad SMARTS) is 2. The number of carbonyl (C=O) groups is 2. The summed E-state index contributed by atoms with van der Waals surface area (Å²) in [6.45, 7) is 2.38.